The molecule has 0 atom stereocenters. The highest BCUT2D eigenvalue weighted by Gasteiger charge is 2.05. The number of rotatable bonds is 4. The Kier molecular flexibility index (Phi) is 5.28. The second-order valence-electron chi connectivity index (χ2n) is 2.88. The first-order valence-corrected chi connectivity index (χ1v) is 5.94. The number of hydrogen-bond donors (Lipinski definition) is 1. The van der Waals surface area contributed by atoms with E-state index in [2.05, 4.69) is 41.9 Å². The van der Waals surface area contributed by atoms with Gasteiger partial charge in [0.05, 0.1) is 13.7 Å². The average Bonchev–Trinajstić information content (AvgIpc) is 2.22. The second kappa shape index (κ2) is 6.25. The summed E-state index contributed by atoms with van der Waals surface area (Å²) in [5.41, 5.74) is 1.08. The first-order chi connectivity index (χ1) is 7.15. The molecule has 15 heavy (non-hydrogen) atoms. The molecule has 0 aliphatic heterocycles. The molecule has 0 bridgehead atoms. The van der Waals surface area contributed by atoms with Crippen LogP contribution in [-0.2, 0) is 16.1 Å². The van der Waals surface area contributed by atoms with Crippen molar-refractivity contribution in [3.05, 3.63) is 32.7 Å². The number of carbonyl (C=O) groups excluding carboxylic acids is 1. The number of ether oxygens (including phenoxy) is 1. The molecule has 0 saturated carbocycles. The van der Waals surface area contributed by atoms with Crippen LogP contribution in [0.2, 0.25) is 0 Å². The lowest BCUT2D eigenvalue weighted by Gasteiger charge is -2.07. The quantitative estimate of drug-likeness (QED) is 0.858. The van der Waals surface area contributed by atoms with Gasteiger partial charge in [-0.15, -0.1) is 0 Å². The number of benzene rings is 1. The molecule has 0 spiro atoms. The van der Waals surface area contributed by atoms with Crippen LogP contribution in [-0.4, -0.2) is 19.6 Å². The molecule has 5 heteroatoms. The van der Waals surface area contributed by atoms with Gasteiger partial charge in [-0.1, -0.05) is 37.9 Å². The van der Waals surface area contributed by atoms with E-state index in [1.807, 2.05) is 18.2 Å². The normalized spacial score (nSPS) is 10.1. The van der Waals surface area contributed by atoms with Gasteiger partial charge in [-0.2, -0.15) is 0 Å². The number of esters is 1. The third kappa shape index (κ3) is 3.93. The molecule has 0 amide bonds. The first kappa shape index (κ1) is 12.7. The van der Waals surface area contributed by atoms with Crippen molar-refractivity contribution in [1.29, 1.82) is 0 Å². The van der Waals surface area contributed by atoms with Crippen LogP contribution < -0.4 is 5.32 Å². The van der Waals surface area contributed by atoms with Gasteiger partial charge in [-0.05, 0) is 17.7 Å². The van der Waals surface area contributed by atoms with Gasteiger partial charge in [-0.25, -0.2) is 0 Å². The fraction of sp³-hybridized carbons (Fsp3) is 0.300. The fourth-order valence-corrected chi connectivity index (χ4v) is 2.34. The van der Waals surface area contributed by atoms with Crippen molar-refractivity contribution in [2.45, 2.75) is 6.54 Å². The Morgan fingerprint density at radius 2 is 2.00 bits per heavy atom. The van der Waals surface area contributed by atoms with Crippen LogP contribution in [0.4, 0.5) is 0 Å². The van der Waals surface area contributed by atoms with Crippen LogP contribution >= 0.6 is 31.9 Å². The summed E-state index contributed by atoms with van der Waals surface area (Å²) in [6.45, 7) is 0.821. The molecule has 1 aromatic carbocycles. The Balaban J connectivity index is 2.54. The summed E-state index contributed by atoms with van der Waals surface area (Å²) in [6.07, 6.45) is 0. The molecule has 1 N–H and O–H groups in total. The summed E-state index contributed by atoms with van der Waals surface area (Å²) in [5, 5.41) is 3.00. The third-order valence-electron chi connectivity index (χ3n) is 1.86. The molecule has 82 valence electrons. The SMILES string of the molecule is COC(=O)CNCc1c(Br)cccc1Br. The van der Waals surface area contributed by atoms with Gasteiger partial charge in [0, 0.05) is 15.5 Å². The largest absolute Gasteiger partial charge is 0.468 e. The van der Waals surface area contributed by atoms with E-state index in [0.29, 0.717) is 6.54 Å². The standard InChI is InChI=1S/C10H11Br2NO2/c1-15-10(14)6-13-5-7-8(11)3-2-4-9(7)12/h2-4,13H,5-6H2,1H3. The van der Waals surface area contributed by atoms with E-state index in [-0.39, 0.29) is 12.5 Å². The van der Waals surface area contributed by atoms with E-state index in [0.717, 1.165) is 14.5 Å². The van der Waals surface area contributed by atoms with Gasteiger partial charge in [0.15, 0.2) is 0 Å². The molecule has 3 nitrogen and oxygen atoms in total. The highest BCUT2D eigenvalue weighted by molar-refractivity contribution is 9.11. The van der Waals surface area contributed by atoms with Gasteiger partial charge in [0.1, 0.15) is 0 Å². The van der Waals surface area contributed by atoms with Crippen molar-refractivity contribution >= 4 is 37.8 Å². The van der Waals surface area contributed by atoms with E-state index in [4.69, 9.17) is 0 Å². The second-order valence-corrected chi connectivity index (χ2v) is 4.59. The molecule has 0 aliphatic rings. The molecule has 0 aromatic heterocycles. The Morgan fingerprint density at radius 3 is 2.53 bits per heavy atom. The minimum Gasteiger partial charge on any atom is -0.468 e. The van der Waals surface area contributed by atoms with Crippen molar-refractivity contribution in [3.8, 4) is 0 Å². The number of carbonyl (C=O) groups is 1. The van der Waals surface area contributed by atoms with Crippen molar-refractivity contribution in [2.75, 3.05) is 13.7 Å². The van der Waals surface area contributed by atoms with Gasteiger partial charge in [-0.3, -0.25) is 4.79 Å². The molecular weight excluding hydrogens is 326 g/mol. The molecule has 0 fully saturated rings. The van der Waals surface area contributed by atoms with Crippen LogP contribution in [0, 0.1) is 0 Å². The van der Waals surface area contributed by atoms with Crippen molar-refractivity contribution in [2.24, 2.45) is 0 Å². The number of nitrogens with one attached hydrogen (secondary N) is 1. The fourth-order valence-electron chi connectivity index (χ4n) is 1.06. The highest BCUT2D eigenvalue weighted by atomic mass is 79.9. The van der Waals surface area contributed by atoms with Gasteiger partial charge >= 0.3 is 5.97 Å². The lowest BCUT2D eigenvalue weighted by atomic mass is 10.2. The van der Waals surface area contributed by atoms with E-state index >= 15 is 0 Å². The minimum absolute atomic E-state index is 0.213. The number of hydrogen-bond acceptors (Lipinski definition) is 3. The first-order valence-electron chi connectivity index (χ1n) is 4.35. The van der Waals surface area contributed by atoms with E-state index < -0.39 is 0 Å². The van der Waals surface area contributed by atoms with Crippen LogP contribution in [0.1, 0.15) is 5.56 Å². The molecule has 0 saturated heterocycles. The summed E-state index contributed by atoms with van der Waals surface area (Å²) in [5.74, 6) is -0.266. The maximum Gasteiger partial charge on any atom is 0.319 e. The van der Waals surface area contributed by atoms with Crippen molar-refractivity contribution < 1.29 is 9.53 Å². The van der Waals surface area contributed by atoms with Crippen molar-refractivity contribution in [1.82, 2.24) is 5.32 Å². The third-order valence-corrected chi connectivity index (χ3v) is 3.35. The zero-order valence-electron chi connectivity index (χ0n) is 8.22. The maximum absolute atomic E-state index is 10.9. The minimum atomic E-state index is -0.266. The zero-order chi connectivity index (χ0) is 11.3. The van der Waals surface area contributed by atoms with E-state index in [1.165, 1.54) is 7.11 Å². The van der Waals surface area contributed by atoms with Crippen LogP contribution in [0.25, 0.3) is 0 Å². The van der Waals surface area contributed by atoms with Gasteiger partial charge in [0.25, 0.3) is 0 Å². The Labute approximate surface area is 105 Å². The van der Waals surface area contributed by atoms with E-state index in [9.17, 15) is 4.79 Å². The van der Waals surface area contributed by atoms with E-state index in [1.54, 1.807) is 0 Å². The molecule has 1 rings (SSSR count). The monoisotopic (exact) mass is 335 g/mol. The molecule has 0 radical (unpaired) electrons. The summed E-state index contributed by atoms with van der Waals surface area (Å²) in [6, 6.07) is 5.86. The molecule has 0 heterocycles. The number of halogens is 2. The summed E-state index contributed by atoms with van der Waals surface area (Å²) < 4.78 is 6.54. The molecule has 0 unspecified atom stereocenters. The maximum atomic E-state index is 10.9. The highest BCUT2D eigenvalue weighted by Crippen LogP contribution is 2.24. The zero-order valence-corrected chi connectivity index (χ0v) is 11.4. The predicted molar refractivity (Wildman–Crippen MR) is 65.6 cm³/mol. The smallest absolute Gasteiger partial charge is 0.319 e. The lowest BCUT2D eigenvalue weighted by molar-refractivity contribution is -0.139. The topological polar surface area (TPSA) is 38.3 Å². The van der Waals surface area contributed by atoms with Crippen LogP contribution in [0.15, 0.2) is 27.1 Å². The predicted octanol–water partition coefficient (Wildman–Crippen LogP) is 2.47. The molecule has 0 aliphatic carbocycles. The van der Waals surface area contributed by atoms with Crippen LogP contribution in [0.3, 0.4) is 0 Å². The van der Waals surface area contributed by atoms with Crippen molar-refractivity contribution in [3.63, 3.8) is 0 Å². The Hall–Kier alpha value is -0.390. The summed E-state index contributed by atoms with van der Waals surface area (Å²) in [7, 11) is 1.37. The lowest BCUT2D eigenvalue weighted by Crippen LogP contribution is -2.23. The number of methoxy groups -OCH3 is 1. The molecular formula is C10H11Br2NO2. The van der Waals surface area contributed by atoms with Crippen LogP contribution in [0.5, 0.6) is 0 Å². The summed E-state index contributed by atoms with van der Waals surface area (Å²) >= 11 is 6.89. The summed E-state index contributed by atoms with van der Waals surface area (Å²) in [4.78, 5) is 10.9. The Morgan fingerprint density at radius 1 is 1.40 bits per heavy atom. The van der Waals surface area contributed by atoms with Gasteiger partial charge in [0.2, 0.25) is 0 Å². The Bertz CT molecular complexity index is 335. The molecule has 1 aromatic rings. The average molecular weight is 337 g/mol. The van der Waals surface area contributed by atoms with Gasteiger partial charge < -0.3 is 10.1 Å².